The van der Waals surface area contributed by atoms with Crippen molar-refractivity contribution in [2.45, 2.75) is 25.2 Å². The van der Waals surface area contributed by atoms with Crippen LogP contribution in [0.3, 0.4) is 0 Å². The fraction of sp³-hybridized carbons (Fsp3) is 0.333. The molecule has 1 aromatic carbocycles. The number of rotatable bonds is 4. The van der Waals surface area contributed by atoms with Gasteiger partial charge in [-0.2, -0.15) is 0 Å². The van der Waals surface area contributed by atoms with E-state index in [-0.39, 0.29) is 12.3 Å². The lowest BCUT2D eigenvalue weighted by molar-refractivity contribution is -0.136. The van der Waals surface area contributed by atoms with E-state index in [0.29, 0.717) is 24.8 Å². The van der Waals surface area contributed by atoms with Gasteiger partial charge in [-0.25, -0.2) is 0 Å². The molecule has 1 fully saturated rings. The molecule has 1 N–H and O–H groups in total. The molecule has 0 atom stereocenters. The molecule has 0 bridgehead atoms. The number of amides is 1. The lowest BCUT2D eigenvalue weighted by Gasteiger charge is -2.31. The third-order valence-corrected chi connectivity index (χ3v) is 4.29. The van der Waals surface area contributed by atoms with Gasteiger partial charge in [-0.05, 0) is 42.0 Å². The Kier molecular flexibility index (Phi) is 4.46. The first-order valence-electron chi connectivity index (χ1n) is 7.77. The first kappa shape index (κ1) is 15.3. The van der Waals surface area contributed by atoms with E-state index in [0.717, 1.165) is 24.0 Å². The second-order valence-corrected chi connectivity index (χ2v) is 5.86. The molecule has 0 aliphatic carbocycles. The molecule has 1 aliphatic heterocycles. The number of carboxylic acids is 1. The summed E-state index contributed by atoms with van der Waals surface area (Å²) in [4.78, 5) is 24.9. The average Bonchev–Trinajstić information content (AvgIpc) is 3.08. The zero-order valence-corrected chi connectivity index (χ0v) is 12.8. The molecule has 2 heterocycles. The summed E-state index contributed by atoms with van der Waals surface area (Å²) in [5.41, 5.74) is 1.98. The van der Waals surface area contributed by atoms with Crippen LogP contribution in [0.5, 0.6) is 0 Å². The molecule has 1 aromatic heterocycles. The maximum absolute atomic E-state index is 12.2. The van der Waals surface area contributed by atoms with Gasteiger partial charge in [-0.15, -0.1) is 0 Å². The highest BCUT2D eigenvalue weighted by atomic mass is 16.4. The van der Waals surface area contributed by atoms with Crippen molar-refractivity contribution in [3.8, 4) is 0 Å². The van der Waals surface area contributed by atoms with Gasteiger partial charge in [0.25, 0.3) is 5.91 Å². The fourth-order valence-corrected chi connectivity index (χ4v) is 3.10. The summed E-state index contributed by atoms with van der Waals surface area (Å²) in [5, 5.41) is 8.90. The molecule has 1 aliphatic rings. The van der Waals surface area contributed by atoms with Crippen LogP contribution >= 0.6 is 0 Å². The van der Waals surface area contributed by atoms with Gasteiger partial charge in [-0.1, -0.05) is 24.3 Å². The van der Waals surface area contributed by atoms with Gasteiger partial charge in [0, 0.05) is 13.1 Å². The average molecular weight is 313 g/mol. The van der Waals surface area contributed by atoms with Crippen LogP contribution in [-0.2, 0) is 11.2 Å². The molecule has 1 saturated heterocycles. The Morgan fingerprint density at radius 3 is 2.61 bits per heavy atom. The molecule has 2 aromatic rings. The summed E-state index contributed by atoms with van der Waals surface area (Å²) in [5.74, 6) is -0.134. The third kappa shape index (κ3) is 3.62. The minimum Gasteiger partial charge on any atom is -0.481 e. The van der Waals surface area contributed by atoms with Gasteiger partial charge in [0.1, 0.15) is 0 Å². The van der Waals surface area contributed by atoms with Crippen molar-refractivity contribution in [1.29, 1.82) is 0 Å². The number of benzene rings is 1. The van der Waals surface area contributed by atoms with Crippen LogP contribution in [-0.4, -0.2) is 35.0 Å². The third-order valence-electron chi connectivity index (χ3n) is 4.29. The molecule has 120 valence electrons. The summed E-state index contributed by atoms with van der Waals surface area (Å²) >= 11 is 0. The van der Waals surface area contributed by atoms with E-state index in [1.807, 2.05) is 29.2 Å². The van der Waals surface area contributed by atoms with E-state index in [9.17, 15) is 9.59 Å². The van der Waals surface area contributed by atoms with Crippen LogP contribution in [0.25, 0.3) is 0 Å². The number of carboxylic acid groups (broad SMARTS) is 1. The molecule has 5 nitrogen and oxygen atoms in total. The number of hydrogen-bond acceptors (Lipinski definition) is 3. The van der Waals surface area contributed by atoms with Crippen molar-refractivity contribution in [1.82, 2.24) is 4.90 Å². The number of nitrogens with zero attached hydrogens (tertiary/aromatic N) is 1. The van der Waals surface area contributed by atoms with Gasteiger partial charge < -0.3 is 14.4 Å². The number of carbonyl (C=O) groups is 2. The van der Waals surface area contributed by atoms with E-state index in [2.05, 4.69) is 0 Å². The molecule has 1 amide bonds. The summed E-state index contributed by atoms with van der Waals surface area (Å²) < 4.78 is 5.17. The smallest absolute Gasteiger partial charge is 0.307 e. The monoisotopic (exact) mass is 313 g/mol. The quantitative estimate of drug-likeness (QED) is 0.942. The van der Waals surface area contributed by atoms with Crippen LogP contribution < -0.4 is 0 Å². The van der Waals surface area contributed by atoms with Crippen LogP contribution in [0, 0.1) is 0 Å². The van der Waals surface area contributed by atoms with E-state index >= 15 is 0 Å². The van der Waals surface area contributed by atoms with Crippen LogP contribution in [0.1, 0.15) is 40.4 Å². The molecular formula is C18H19NO4. The fourth-order valence-electron chi connectivity index (χ4n) is 3.10. The van der Waals surface area contributed by atoms with E-state index in [1.165, 1.54) is 6.26 Å². The van der Waals surface area contributed by atoms with Crippen LogP contribution in [0.2, 0.25) is 0 Å². The number of piperidine rings is 1. The van der Waals surface area contributed by atoms with Crippen molar-refractivity contribution < 1.29 is 19.1 Å². The van der Waals surface area contributed by atoms with E-state index in [4.69, 9.17) is 9.52 Å². The van der Waals surface area contributed by atoms with Crippen molar-refractivity contribution in [2.75, 3.05) is 13.1 Å². The zero-order valence-electron chi connectivity index (χ0n) is 12.8. The predicted molar refractivity (Wildman–Crippen MR) is 84.4 cm³/mol. The Bertz CT molecular complexity index is 685. The summed E-state index contributed by atoms with van der Waals surface area (Å²) in [7, 11) is 0. The van der Waals surface area contributed by atoms with Crippen molar-refractivity contribution in [2.24, 2.45) is 0 Å². The standard InChI is InChI=1S/C18H19NO4/c20-17(21)12-13-3-1-4-15(11-13)14-6-8-19(9-7-14)18(22)16-5-2-10-23-16/h1-5,10-11,14H,6-9,12H2,(H,20,21). The second kappa shape index (κ2) is 6.69. The topological polar surface area (TPSA) is 70.8 Å². The maximum atomic E-state index is 12.2. The summed E-state index contributed by atoms with van der Waals surface area (Å²) in [6.45, 7) is 1.38. The molecule has 23 heavy (non-hydrogen) atoms. The first-order valence-corrected chi connectivity index (χ1v) is 7.77. The molecule has 3 rings (SSSR count). The molecule has 0 unspecified atom stereocenters. The van der Waals surface area contributed by atoms with E-state index in [1.54, 1.807) is 12.1 Å². The Balaban J connectivity index is 1.63. The normalized spacial score (nSPS) is 15.6. The van der Waals surface area contributed by atoms with Gasteiger partial charge in [0.15, 0.2) is 5.76 Å². The number of hydrogen-bond donors (Lipinski definition) is 1. The zero-order chi connectivity index (χ0) is 16.2. The summed E-state index contributed by atoms with van der Waals surface area (Å²) in [6.07, 6.45) is 3.31. The number of furan rings is 1. The highest BCUT2D eigenvalue weighted by Gasteiger charge is 2.25. The van der Waals surface area contributed by atoms with Crippen LogP contribution in [0.4, 0.5) is 0 Å². The number of likely N-dealkylation sites (tertiary alicyclic amines) is 1. The Morgan fingerprint density at radius 1 is 1.17 bits per heavy atom. The minimum absolute atomic E-state index is 0.0453. The van der Waals surface area contributed by atoms with E-state index < -0.39 is 5.97 Å². The molecular weight excluding hydrogens is 294 g/mol. The Labute approximate surface area is 134 Å². The molecule has 0 radical (unpaired) electrons. The molecule has 0 saturated carbocycles. The van der Waals surface area contributed by atoms with Gasteiger partial charge in [-0.3, -0.25) is 9.59 Å². The Morgan fingerprint density at radius 2 is 1.96 bits per heavy atom. The van der Waals surface area contributed by atoms with Gasteiger partial charge in [0.05, 0.1) is 12.7 Å². The summed E-state index contributed by atoms with van der Waals surface area (Å²) in [6, 6.07) is 11.2. The van der Waals surface area contributed by atoms with Gasteiger partial charge in [0.2, 0.25) is 0 Å². The molecule has 0 spiro atoms. The van der Waals surface area contributed by atoms with Gasteiger partial charge >= 0.3 is 5.97 Å². The lowest BCUT2D eigenvalue weighted by Crippen LogP contribution is -2.37. The maximum Gasteiger partial charge on any atom is 0.307 e. The van der Waals surface area contributed by atoms with Crippen molar-refractivity contribution in [3.63, 3.8) is 0 Å². The number of carbonyl (C=O) groups excluding carboxylic acids is 1. The second-order valence-electron chi connectivity index (χ2n) is 5.86. The van der Waals surface area contributed by atoms with Crippen LogP contribution in [0.15, 0.2) is 47.1 Å². The minimum atomic E-state index is -0.819. The predicted octanol–water partition coefficient (Wildman–Crippen LogP) is 2.93. The van der Waals surface area contributed by atoms with Crippen molar-refractivity contribution in [3.05, 3.63) is 59.5 Å². The Hall–Kier alpha value is -2.56. The van der Waals surface area contributed by atoms with Crippen molar-refractivity contribution >= 4 is 11.9 Å². The first-order chi connectivity index (χ1) is 11.1. The largest absolute Gasteiger partial charge is 0.481 e. The lowest BCUT2D eigenvalue weighted by atomic mass is 9.88. The number of aliphatic carboxylic acids is 1. The SMILES string of the molecule is O=C(O)Cc1cccc(C2CCN(C(=O)c3ccco3)CC2)c1. The highest BCUT2D eigenvalue weighted by Crippen LogP contribution is 2.29. The highest BCUT2D eigenvalue weighted by molar-refractivity contribution is 5.91. The molecule has 5 heteroatoms.